The molecule has 3 N–H and O–H groups in total. The Morgan fingerprint density at radius 1 is 1.47 bits per heavy atom. The lowest BCUT2D eigenvalue weighted by molar-refractivity contribution is -0.131. The number of carbonyl (C=O) groups is 1. The highest BCUT2D eigenvalue weighted by Gasteiger charge is 2.24. The van der Waals surface area contributed by atoms with Crippen LogP contribution in [0.4, 0.5) is 4.39 Å². The highest BCUT2D eigenvalue weighted by Crippen LogP contribution is 2.14. The molecule has 19 heavy (non-hydrogen) atoms. The van der Waals surface area contributed by atoms with Gasteiger partial charge in [0.05, 0.1) is 4.90 Å². The van der Waals surface area contributed by atoms with Crippen molar-refractivity contribution in [2.75, 3.05) is 0 Å². The highest BCUT2D eigenvalue weighted by atomic mass is 32.2. The molecule has 0 saturated heterocycles. The Balaban J connectivity index is 3.03. The third-order valence-corrected chi connectivity index (χ3v) is 4.04. The molecule has 0 aliphatic rings. The molecule has 1 rings (SSSR count). The second-order valence-electron chi connectivity index (χ2n) is 3.97. The molecule has 0 bridgehead atoms. The van der Waals surface area contributed by atoms with E-state index in [0.29, 0.717) is 0 Å². The van der Waals surface area contributed by atoms with Crippen LogP contribution in [0, 0.1) is 12.7 Å². The van der Waals surface area contributed by atoms with E-state index in [0.717, 1.165) is 12.1 Å². The van der Waals surface area contributed by atoms with Crippen molar-refractivity contribution in [1.29, 1.82) is 0 Å². The Hall–Kier alpha value is -1.51. The number of nitrogens with one attached hydrogen (secondary N) is 2. The van der Waals surface area contributed by atoms with Crippen LogP contribution < -0.4 is 10.2 Å². The first-order valence-corrected chi connectivity index (χ1v) is 7.02. The number of benzene rings is 1. The molecule has 0 fully saturated rings. The van der Waals surface area contributed by atoms with Gasteiger partial charge in [-0.3, -0.25) is 10.0 Å². The van der Waals surface area contributed by atoms with Crippen molar-refractivity contribution in [3.05, 3.63) is 29.6 Å². The molecule has 8 heteroatoms. The molecule has 0 aliphatic carbocycles. The number of aryl methyl sites for hydroxylation is 1. The zero-order chi connectivity index (χ0) is 14.6. The number of sulfonamides is 1. The van der Waals surface area contributed by atoms with Gasteiger partial charge < -0.3 is 0 Å². The summed E-state index contributed by atoms with van der Waals surface area (Å²) in [6.45, 7) is 3.02. The predicted octanol–water partition coefficient (Wildman–Crippen LogP) is 0.696. The van der Waals surface area contributed by atoms with Crippen LogP contribution in [0.5, 0.6) is 0 Å². The van der Waals surface area contributed by atoms with E-state index in [-0.39, 0.29) is 16.9 Å². The van der Waals surface area contributed by atoms with E-state index < -0.39 is 27.8 Å². The minimum Gasteiger partial charge on any atom is -0.289 e. The molecule has 1 amide bonds. The summed E-state index contributed by atoms with van der Waals surface area (Å²) in [5, 5.41) is 8.50. The zero-order valence-electron chi connectivity index (χ0n) is 10.5. The van der Waals surface area contributed by atoms with E-state index in [2.05, 4.69) is 4.72 Å². The zero-order valence-corrected chi connectivity index (χ0v) is 11.3. The lowest BCUT2D eigenvalue weighted by atomic mass is 10.2. The molecule has 106 valence electrons. The maximum atomic E-state index is 13.1. The fraction of sp³-hybridized carbons (Fsp3) is 0.364. The molecule has 1 aromatic rings. The first-order valence-electron chi connectivity index (χ1n) is 5.54. The van der Waals surface area contributed by atoms with E-state index >= 15 is 0 Å². The predicted molar refractivity (Wildman–Crippen MR) is 65.5 cm³/mol. The Morgan fingerprint density at radius 3 is 2.58 bits per heavy atom. The molecule has 0 unspecified atom stereocenters. The van der Waals surface area contributed by atoms with Gasteiger partial charge in [0.2, 0.25) is 10.0 Å². The van der Waals surface area contributed by atoms with Crippen LogP contribution in [-0.2, 0) is 14.8 Å². The first kappa shape index (κ1) is 15.5. The van der Waals surface area contributed by atoms with Gasteiger partial charge in [-0.05, 0) is 37.1 Å². The SMILES string of the molecule is CC[C@@H](NS(=O)(=O)c1ccc(F)c(C)c1)C(=O)NO. The molecule has 1 atom stereocenters. The maximum Gasteiger partial charge on any atom is 0.261 e. The third-order valence-electron chi connectivity index (χ3n) is 2.57. The average Bonchev–Trinajstić information content (AvgIpc) is 2.38. The lowest BCUT2D eigenvalue weighted by Crippen LogP contribution is -2.45. The van der Waals surface area contributed by atoms with Crippen LogP contribution in [0.15, 0.2) is 23.1 Å². The van der Waals surface area contributed by atoms with Crippen molar-refractivity contribution in [2.45, 2.75) is 31.2 Å². The summed E-state index contributed by atoms with van der Waals surface area (Å²) in [5.74, 6) is -1.37. The van der Waals surface area contributed by atoms with Crippen LogP contribution in [-0.4, -0.2) is 25.6 Å². The van der Waals surface area contributed by atoms with Gasteiger partial charge in [-0.1, -0.05) is 6.92 Å². The summed E-state index contributed by atoms with van der Waals surface area (Å²) in [6.07, 6.45) is 0.159. The van der Waals surface area contributed by atoms with Gasteiger partial charge >= 0.3 is 0 Å². The number of rotatable bonds is 5. The van der Waals surface area contributed by atoms with E-state index in [1.165, 1.54) is 18.5 Å². The number of hydrogen-bond donors (Lipinski definition) is 3. The lowest BCUT2D eigenvalue weighted by Gasteiger charge is -2.15. The average molecular weight is 290 g/mol. The first-order chi connectivity index (χ1) is 8.81. The minimum atomic E-state index is -3.95. The number of hydrogen-bond acceptors (Lipinski definition) is 4. The third kappa shape index (κ3) is 3.72. The molecule has 0 heterocycles. The molecule has 0 saturated carbocycles. The normalized spacial score (nSPS) is 13.1. The number of hydroxylamine groups is 1. The molecule has 0 aromatic heterocycles. The summed E-state index contributed by atoms with van der Waals surface area (Å²) in [5.41, 5.74) is 1.57. The molecular formula is C11H15FN2O4S. The van der Waals surface area contributed by atoms with Crippen LogP contribution in [0.2, 0.25) is 0 Å². The van der Waals surface area contributed by atoms with Gasteiger partial charge in [-0.25, -0.2) is 18.3 Å². The van der Waals surface area contributed by atoms with Gasteiger partial charge in [0, 0.05) is 0 Å². The van der Waals surface area contributed by atoms with E-state index in [1.807, 2.05) is 0 Å². The molecule has 0 radical (unpaired) electrons. The Labute approximate surface area is 110 Å². The highest BCUT2D eigenvalue weighted by molar-refractivity contribution is 7.89. The molecule has 1 aromatic carbocycles. The summed E-state index contributed by atoms with van der Waals surface area (Å²) < 4.78 is 39.2. The van der Waals surface area contributed by atoms with Gasteiger partial charge in [0.25, 0.3) is 5.91 Å². The second-order valence-corrected chi connectivity index (χ2v) is 5.68. The van der Waals surface area contributed by atoms with E-state index in [9.17, 15) is 17.6 Å². The van der Waals surface area contributed by atoms with E-state index in [4.69, 9.17) is 5.21 Å². The molecule has 6 nitrogen and oxygen atoms in total. The Bertz CT molecular complexity index is 574. The Kier molecular flexibility index (Phi) is 4.98. The largest absolute Gasteiger partial charge is 0.289 e. The van der Waals surface area contributed by atoms with Gasteiger partial charge in [0.1, 0.15) is 11.9 Å². The fourth-order valence-corrected chi connectivity index (χ4v) is 2.80. The van der Waals surface area contributed by atoms with Crippen LogP contribution in [0.25, 0.3) is 0 Å². The van der Waals surface area contributed by atoms with Gasteiger partial charge in [0.15, 0.2) is 0 Å². The number of amides is 1. The van der Waals surface area contributed by atoms with Gasteiger partial charge in [-0.15, -0.1) is 0 Å². The quantitative estimate of drug-likeness (QED) is 0.549. The molecule has 0 aliphatic heterocycles. The van der Waals surface area contributed by atoms with Crippen molar-refractivity contribution in [3.8, 4) is 0 Å². The van der Waals surface area contributed by atoms with E-state index in [1.54, 1.807) is 6.92 Å². The van der Waals surface area contributed by atoms with Crippen molar-refractivity contribution in [3.63, 3.8) is 0 Å². The van der Waals surface area contributed by atoms with Crippen LogP contribution in [0.1, 0.15) is 18.9 Å². The summed E-state index contributed by atoms with van der Waals surface area (Å²) >= 11 is 0. The second kappa shape index (κ2) is 6.09. The van der Waals surface area contributed by atoms with Crippen LogP contribution in [0.3, 0.4) is 0 Å². The van der Waals surface area contributed by atoms with Crippen molar-refractivity contribution < 1.29 is 22.8 Å². The summed E-state index contributed by atoms with van der Waals surface area (Å²) in [7, 11) is -3.95. The Morgan fingerprint density at radius 2 is 2.11 bits per heavy atom. The van der Waals surface area contributed by atoms with Crippen molar-refractivity contribution in [2.24, 2.45) is 0 Å². The fourth-order valence-electron chi connectivity index (χ4n) is 1.44. The monoisotopic (exact) mass is 290 g/mol. The minimum absolute atomic E-state index is 0.143. The van der Waals surface area contributed by atoms with Crippen molar-refractivity contribution in [1.82, 2.24) is 10.2 Å². The standard InChI is InChI=1S/C11H15FN2O4S/c1-3-10(11(15)13-16)14-19(17,18)8-4-5-9(12)7(2)6-8/h4-6,10,14,16H,3H2,1-2H3,(H,13,15)/t10-/m1/s1. The number of carbonyl (C=O) groups excluding carboxylic acids is 1. The summed E-state index contributed by atoms with van der Waals surface area (Å²) in [6, 6.07) is 2.22. The molecule has 0 spiro atoms. The summed E-state index contributed by atoms with van der Waals surface area (Å²) in [4.78, 5) is 11.1. The topological polar surface area (TPSA) is 95.5 Å². The smallest absolute Gasteiger partial charge is 0.261 e. The molecular weight excluding hydrogens is 275 g/mol. The van der Waals surface area contributed by atoms with Crippen LogP contribution >= 0.6 is 0 Å². The number of halogens is 1. The van der Waals surface area contributed by atoms with Crippen molar-refractivity contribution >= 4 is 15.9 Å². The van der Waals surface area contributed by atoms with Gasteiger partial charge in [-0.2, -0.15) is 4.72 Å². The maximum absolute atomic E-state index is 13.1.